The van der Waals surface area contributed by atoms with Gasteiger partial charge in [0.2, 0.25) is 0 Å². The van der Waals surface area contributed by atoms with Crippen molar-refractivity contribution in [3.8, 4) is 0 Å². The van der Waals surface area contributed by atoms with E-state index in [0.29, 0.717) is 18.4 Å². The maximum absolute atomic E-state index is 12.1. The van der Waals surface area contributed by atoms with E-state index in [0.717, 1.165) is 31.5 Å². The van der Waals surface area contributed by atoms with Gasteiger partial charge in [-0.2, -0.15) is 0 Å². The second kappa shape index (κ2) is 5.83. The third-order valence-corrected chi connectivity index (χ3v) is 4.69. The SMILES string of the molecule is N[C@@H]1CC[C@H]2CCN(C(=O)OCc3ccccc3)C[C@H]21. The van der Waals surface area contributed by atoms with Gasteiger partial charge in [0, 0.05) is 19.1 Å². The van der Waals surface area contributed by atoms with Crippen LogP contribution < -0.4 is 5.73 Å². The lowest BCUT2D eigenvalue weighted by Crippen LogP contribution is -2.46. The number of benzene rings is 1. The Kier molecular flexibility index (Phi) is 3.92. The highest BCUT2D eigenvalue weighted by molar-refractivity contribution is 5.67. The highest BCUT2D eigenvalue weighted by atomic mass is 16.6. The minimum Gasteiger partial charge on any atom is -0.445 e. The zero-order chi connectivity index (χ0) is 13.9. The molecule has 0 radical (unpaired) electrons. The van der Waals surface area contributed by atoms with Crippen LogP contribution in [0.2, 0.25) is 0 Å². The van der Waals surface area contributed by atoms with Crippen LogP contribution in [0.4, 0.5) is 4.79 Å². The first-order valence-electron chi connectivity index (χ1n) is 7.45. The summed E-state index contributed by atoms with van der Waals surface area (Å²) < 4.78 is 5.40. The number of carbonyl (C=O) groups is 1. The van der Waals surface area contributed by atoms with E-state index in [1.807, 2.05) is 35.2 Å². The molecule has 20 heavy (non-hydrogen) atoms. The highest BCUT2D eigenvalue weighted by Crippen LogP contribution is 2.37. The number of hydrogen-bond donors (Lipinski definition) is 1. The number of ether oxygens (including phenoxy) is 1. The molecule has 2 fully saturated rings. The van der Waals surface area contributed by atoms with Gasteiger partial charge in [-0.15, -0.1) is 0 Å². The summed E-state index contributed by atoms with van der Waals surface area (Å²) in [6, 6.07) is 10.0. The van der Waals surface area contributed by atoms with Crippen LogP contribution in [0, 0.1) is 11.8 Å². The van der Waals surface area contributed by atoms with Gasteiger partial charge in [0.1, 0.15) is 6.61 Å². The van der Waals surface area contributed by atoms with E-state index in [2.05, 4.69) is 0 Å². The fraction of sp³-hybridized carbons (Fsp3) is 0.562. The molecule has 0 bridgehead atoms. The monoisotopic (exact) mass is 274 g/mol. The Hall–Kier alpha value is -1.55. The van der Waals surface area contributed by atoms with Gasteiger partial charge in [0.05, 0.1) is 0 Å². The third-order valence-electron chi connectivity index (χ3n) is 4.69. The molecule has 2 N–H and O–H groups in total. The lowest BCUT2D eigenvalue weighted by Gasteiger charge is -2.35. The van der Waals surface area contributed by atoms with E-state index in [1.165, 1.54) is 6.42 Å². The molecular weight excluding hydrogens is 252 g/mol. The lowest BCUT2D eigenvalue weighted by atomic mass is 9.87. The van der Waals surface area contributed by atoms with Crippen molar-refractivity contribution in [1.29, 1.82) is 0 Å². The van der Waals surface area contributed by atoms with Crippen molar-refractivity contribution >= 4 is 6.09 Å². The summed E-state index contributed by atoms with van der Waals surface area (Å²) in [6.07, 6.45) is 3.19. The molecule has 1 aliphatic heterocycles. The van der Waals surface area contributed by atoms with Crippen LogP contribution in [0.15, 0.2) is 30.3 Å². The predicted molar refractivity (Wildman–Crippen MR) is 77.0 cm³/mol. The van der Waals surface area contributed by atoms with Crippen molar-refractivity contribution in [3.63, 3.8) is 0 Å². The zero-order valence-electron chi connectivity index (χ0n) is 11.7. The molecule has 0 aromatic heterocycles. The number of nitrogens with two attached hydrogens (primary N) is 1. The quantitative estimate of drug-likeness (QED) is 0.901. The van der Waals surface area contributed by atoms with Gasteiger partial charge < -0.3 is 15.4 Å². The third kappa shape index (κ3) is 2.80. The number of fused-ring (bicyclic) bond motifs is 1. The van der Waals surface area contributed by atoms with Gasteiger partial charge in [0.25, 0.3) is 0 Å². The lowest BCUT2D eigenvalue weighted by molar-refractivity contribution is 0.0681. The molecule has 1 saturated heterocycles. The second-order valence-electron chi connectivity index (χ2n) is 5.94. The molecule has 4 nitrogen and oxygen atoms in total. The van der Waals surface area contributed by atoms with Crippen molar-refractivity contribution in [2.45, 2.75) is 31.9 Å². The average molecular weight is 274 g/mol. The molecule has 1 aliphatic carbocycles. The Morgan fingerprint density at radius 1 is 1.25 bits per heavy atom. The minimum atomic E-state index is -0.202. The van der Waals surface area contributed by atoms with Crippen molar-refractivity contribution in [1.82, 2.24) is 4.90 Å². The summed E-state index contributed by atoms with van der Waals surface area (Å²) in [5.74, 6) is 1.18. The van der Waals surface area contributed by atoms with E-state index in [1.54, 1.807) is 0 Å². The van der Waals surface area contributed by atoms with Crippen LogP contribution in [0.25, 0.3) is 0 Å². The zero-order valence-corrected chi connectivity index (χ0v) is 11.7. The Morgan fingerprint density at radius 2 is 2.05 bits per heavy atom. The smallest absolute Gasteiger partial charge is 0.410 e. The number of hydrogen-bond acceptors (Lipinski definition) is 3. The normalized spacial score (nSPS) is 29.1. The molecule has 4 heteroatoms. The first-order chi connectivity index (χ1) is 9.74. The number of carbonyl (C=O) groups excluding carboxylic acids is 1. The summed E-state index contributed by atoms with van der Waals surface area (Å²) in [5.41, 5.74) is 7.16. The minimum absolute atomic E-state index is 0.202. The van der Waals surface area contributed by atoms with Crippen LogP contribution in [0.3, 0.4) is 0 Å². The maximum atomic E-state index is 12.1. The van der Waals surface area contributed by atoms with Crippen LogP contribution >= 0.6 is 0 Å². The molecule has 108 valence electrons. The Bertz CT molecular complexity index is 463. The molecular formula is C16H22N2O2. The van der Waals surface area contributed by atoms with Crippen LogP contribution in [0.5, 0.6) is 0 Å². The van der Waals surface area contributed by atoms with E-state index in [9.17, 15) is 4.79 Å². The molecule has 0 spiro atoms. The van der Waals surface area contributed by atoms with Crippen molar-refractivity contribution in [2.24, 2.45) is 17.6 Å². The molecule has 1 saturated carbocycles. The molecule has 1 aromatic carbocycles. The molecule has 0 unspecified atom stereocenters. The standard InChI is InChI=1S/C16H22N2O2/c17-15-7-6-13-8-9-18(10-14(13)15)16(19)20-11-12-4-2-1-3-5-12/h1-5,13-15H,6-11,17H2/t13-,14+,15+/m0/s1. The number of likely N-dealkylation sites (tertiary alicyclic amines) is 1. The maximum Gasteiger partial charge on any atom is 0.410 e. The summed E-state index contributed by atoms with van der Waals surface area (Å²) in [4.78, 5) is 14.0. The summed E-state index contributed by atoms with van der Waals surface area (Å²) in [6.45, 7) is 1.91. The van der Waals surface area contributed by atoms with E-state index in [-0.39, 0.29) is 12.1 Å². The second-order valence-corrected chi connectivity index (χ2v) is 5.94. The molecule has 1 aromatic rings. The molecule has 3 rings (SSSR count). The highest BCUT2D eigenvalue weighted by Gasteiger charge is 2.39. The Morgan fingerprint density at radius 3 is 2.85 bits per heavy atom. The van der Waals surface area contributed by atoms with Crippen molar-refractivity contribution in [3.05, 3.63) is 35.9 Å². The van der Waals surface area contributed by atoms with Crippen molar-refractivity contribution in [2.75, 3.05) is 13.1 Å². The number of piperidine rings is 1. The van der Waals surface area contributed by atoms with Crippen LogP contribution in [0.1, 0.15) is 24.8 Å². The molecule has 1 amide bonds. The van der Waals surface area contributed by atoms with Gasteiger partial charge in [-0.3, -0.25) is 0 Å². The van der Waals surface area contributed by atoms with Crippen molar-refractivity contribution < 1.29 is 9.53 Å². The number of rotatable bonds is 2. The van der Waals surface area contributed by atoms with Crippen LogP contribution in [-0.2, 0) is 11.3 Å². The van der Waals surface area contributed by atoms with Crippen LogP contribution in [-0.4, -0.2) is 30.1 Å². The summed E-state index contributed by atoms with van der Waals surface area (Å²) in [7, 11) is 0. The molecule has 1 heterocycles. The predicted octanol–water partition coefficient (Wildman–Crippen LogP) is 2.38. The van der Waals surface area contributed by atoms with Gasteiger partial charge in [-0.25, -0.2) is 4.79 Å². The van der Waals surface area contributed by atoms with Gasteiger partial charge in [-0.1, -0.05) is 30.3 Å². The fourth-order valence-electron chi connectivity index (χ4n) is 3.47. The van der Waals surface area contributed by atoms with E-state index >= 15 is 0 Å². The summed E-state index contributed by atoms with van der Waals surface area (Å²) in [5, 5.41) is 0. The molecule has 3 atom stereocenters. The van der Waals surface area contributed by atoms with Gasteiger partial charge >= 0.3 is 6.09 Å². The summed E-state index contributed by atoms with van der Waals surface area (Å²) >= 11 is 0. The first kappa shape index (κ1) is 13.4. The van der Waals surface area contributed by atoms with E-state index < -0.39 is 0 Å². The largest absolute Gasteiger partial charge is 0.445 e. The Balaban J connectivity index is 1.53. The van der Waals surface area contributed by atoms with E-state index in [4.69, 9.17) is 10.5 Å². The topological polar surface area (TPSA) is 55.6 Å². The average Bonchev–Trinajstić information content (AvgIpc) is 2.87. The molecule has 2 aliphatic rings. The van der Waals surface area contributed by atoms with Gasteiger partial charge in [-0.05, 0) is 36.7 Å². The number of amides is 1. The van der Waals surface area contributed by atoms with Gasteiger partial charge in [0.15, 0.2) is 0 Å². The number of nitrogens with zero attached hydrogens (tertiary/aromatic N) is 1. The first-order valence-corrected chi connectivity index (χ1v) is 7.45. The Labute approximate surface area is 119 Å². The fourth-order valence-corrected chi connectivity index (χ4v) is 3.47.